The highest BCUT2D eigenvalue weighted by molar-refractivity contribution is 5.69. The van der Waals surface area contributed by atoms with Gasteiger partial charge in [0.25, 0.3) is 5.69 Å². The number of hydrogen-bond acceptors (Lipinski definition) is 4. The monoisotopic (exact) mass is 264 g/mol. The van der Waals surface area contributed by atoms with Crippen LogP contribution in [0.4, 0.5) is 5.69 Å². The van der Waals surface area contributed by atoms with Crippen LogP contribution in [0, 0.1) is 10.1 Å². The third-order valence-corrected chi connectivity index (χ3v) is 2.63. The highest BCUT2D eigenvalue weighted by Crippen LogP contribution is 2.18. The molecule has 0 radical (unpaired) electrons. The van der Waals surface area contributed by atoms with Crippen LogP contribution in [0.25, 0.3) is 0 Å². The second-order valence-corrected chi connectivity index (χ2v) is 4.05. The SMILES string of the molecule is C=CCN(CCc1ccccc1[N+](=O)[O-])CC(=O)O. The van der Waals surface area contributed by atoms with E-state index in [1.807, 2.05) is 0 Å². The van der Waals surface area contributed by atoms with Gasteiger partial charge in [0.05, 0.1) is 11.5 Å². The molecule has 102 valence electrons. The van der Waals surface area contributed by atoms with Crippen molar-refractivity contribution >= 4 is 11.7 Å². The van der Waals surface area contributed by atoms with Crippen LogP contribution < -0.4 is 0 Å². The second kappa shape index (κ2) is 7.27. The molecule has 0 aliphatic carbocycles. The third-order valence-electron chi connectivity index (χ3n) is 2.63. The molecule has 0 amide bonds. The number of carboxylic acids is 1. The smallest absolute Gasteiger partial charge is 0.317 e. The first-order valence-electron chi connectivity index (χ1n) is 5.82. The first-order chi connectivity index (χ1) is 9.04. The number of benzene rings is 1. The molecule has 0 bridgehead atoms. The van der Waals surface area contributed by atoms with E-state index in [1.54, 1.807) is 29.2 Å². The second-order valence-electron chi connectivity index (χ2n) is 4.05. The van der Waals surface area contributed by atoms with E-state index in [0.717, 1.165) is 0 Å². The van der Waals surface area contributed by atoms with Crippen LogP contribution in [-0.2, 0) is 11.2 Å². The van der Waals surface area contributed by atoms with Gasteiger partial charge in [0, 0.05) is 24.7 Å². The first kappa shape index (κ1) is 14.8. The van der Waals surface area contributed by atoms with Crippen molar-refractivity contribution in [1.29, 1.82) is 0 Å². The Balaban J connectivity index is 2.70. The van der Waals surface area contributed by atoms with E-state index in [4.69, 9.17) is 5.11 Å². The Morgan fingerprint density at radius 3 is 2.74 bits per heavy atom. The minimum atomic E-state index is -0.926. The zero-order valence-corrected chi connectivity index (χ0v) is 10.5. The van der Waals surface area contributed by atoms with Crippen LogP contribution in [0.15, 0.2) is 36.9 Å². The zero-order chi connectivity index (χ0) is 14.3. The molecule has 0 aliphatic rings. The number of hydrogen-bond donors (Lipinski definition) is 1. The van der Waals surface area contributed by atoms with Crippen LogP contribution in [0.5, 0.6) is 0 Å². The average molecular weight is 264 g/mol. The summed E-state index contributed by atoms with van der Waals surface area (Å²) < 4.78 is 0. The number of carboxylic acid groups (broad SMARTS) is 1. The molecule has 0 aliphatic heterocycles. The van der Waals surface area contributed by atoms with Crippen LogP contribution in [-0.4, -0.2) is 40.5 Å². The molecule has 1 aromatic carbocycles. The van der Waals surface area contributed by atoms with Crippen LogP contribution in [0.3, 0.4) is 0 Å². The average Bonchev–Trinajstić information content (AvgIpc) is 2.36. The highest BCUT2D eigenvalue weighted by Gasteiger charge is 2.14. The summed E-state index contributed by atoms with van der Waals surface area (Å²) in [7, 11) is 0. The number of nitrogens with zero attached hydrogens (tertiary/aromatic N) is 2. The number of aliphatic carboxylic acids is 1. The lowest BCUT2D eigenvalue weighted by atomic mass is 10.1. The van der Waals surface area contributed by atoms with Gasteiger partial charge < -0.3 is 5.11 Å². The Hall–Kier alpha value is -2.21. The molecule has 0 unspecified atom stereocenters. The van der Waals surface area contributed by atoms with Gasteiger partial charge in [-0.25, -0.2) is 0 Å². The van der Waals surface area contributed by atoms with Crippen molar-refractivity contribution in [3.05, 3.63) is 52.6 Å². The van der Waals surface area contributed by atoms with E-state index in [-0.39, 0.29) is 12.2 Å². The van der Waals surface area contributed by atoms with Crippen LogP contribution >= 0.6 is 0 Å². The predicted molar refractivity (Wildman–Crippen MR) is 71.1 cm³/mol. The molecule has 0 aromatic heterocycles. The molecule has 0 saturated carbocycles. The first-order valence-corrected chi connectivity index (χ1v) is 5.82. The molecule has 1 N–H and O–H groups in total. The molecule has 19 heavy (non-hydrogen) atoms. The van der Waals surface area contributed by atoms with Crippen molar-refractivity contribution < 1.29 is 14.8 Å². The van der Waals surface area contributed by atoms with E-state index in [2.05, 4.69) is 6.58 Å². The maximum absolute atomic E-state index is 10.9. The molecule has 0 atom stereocenters. The number of para-hydroxylation sites is 1. The minimum absolute atomic E-state index is 0.0661. The number of carbonyl (C=O) groups is 1. The Morgan fingerprint density at radius 1 is 1.47 bits per heavy atom. The van der Waals surface area contributed by atoms with Gasteiger partial charge in [0.15, 0.2) is 0 Å². The number of nitro groups is 1. The lowest BCUT2D eigenvalue weighted by Gasteiger charge is -2.17. The number of rotatable bonds is 8. The predicted octanol–water partition coefficient (Wildman–Crippen LogP) is 1.71. The van der Waals surface area contributed by atoms with Gasteiger partial charge in [-0.2, -0.15) is 0 Å². The maximum atomic E-state index is 10.9. The third kappa shape index (κ3) is 4.89. The van der Waals surface area contributed by atoms with Gasteiger partial charge in [-0.15, -0.1) is 6.58 Å². The fourth-order valence-corrected chi connectivity index (χ4v) is 1.79. The summed E-state index contributed by atoms with van der Waals surface area (Å²) >= 11 is 0. The lowest BCUT2D eigenvalue weighted by Crippen LogP contribution is -2.31. The highest BCUT2D eigenvalue weighted by atomic mass is 16.6. The van der Waals surface area contributed by atoms with Crippen LogP contribution in [0.1, 0.15) is 5.56 Å². The van der Waals surface area contributed by atoms with E-state index >= 15 is 0 Å². The van der Waals surface area contributed by atoms with Gasteiger partial charge in [-0.05, 0) is 6.42 Å². The summed E-state index contributed by atoms with van der Waals surface area (Å²) in [4.78, 5) is 22.8. The van der Waals surface area contributed by atoms with Gasteiger partial charge in [0.2, 0.25) is 0 Å². The Labute approximate surface area is 111 Å². The van der Waals surface area contributed by atoms with Crippen molar-refractivity contribution in [2.45, 2.75) is 6.42 Å². The topological polar surface area (TPSA) is 83.7 Å². The van der Waals surface area contributed by atoms with E-state index < -0.39 is 10.9 Å². The molecule has 0 heterocycles. The standard InChI is InChI=1S/C13H16N2O4/c1-2-8-14(10-13(16)17)9-7-11-5-3-4-6-12(11)15(18)19/h2-6H,1,7-10H2,(H,16,17). The molecule has 0 saturated heterocycles. The van der Waals surface area contributed by atoms with Crippen molar-refractivity contribution in [1.82, 2.24) is 4.90 Å². The summed E-state index contributed by atoms with van der Waals surface area (Å²) in [5.41, 5.74) is 0.670. The van der Waals surface area contributed by atoms with Crippen molar-refractivity contribution in [2.24, 2.45) is 0 Å². The molecular formula is C13H16N2O4. The minimum Gasteiger partial charge on any atom is -0.480 e. The Bertz CT molecular complexity index is 473. The molecular weight excluding hydrogens is 248 g/mol. The lowest BCUT2D eigenvalue weighted by molar-refractivity contribution is -0.385. The Kier molecular flexibility index (Phi) is 5.69. The summed E-state index contributed by atoms with van der Waals surface area (Å²) in [6, 6.07) is 6.48. The summed E-state index contributed by atoms with van der Waals surface area (Å²) in [5, 5.41) is 19.6. The Morgan fingerprint density at radius 2 is 2.16 bits per heavy atom. The fraction of sp³-hybridized carbons (Fsp3) is 0.308. The van der Waals surface area contributed by atoms with Gasteiger partial charge in [0.1, 0.15) is 0 Å². The molecule has 0 spiro atoms. The number of nitro benzene ring substituents is 1. The molecule has 6 heteroatoms. The molecule has 1 rings (SSSR count). The molecule has 1 aromatic rings. The zero-order valence-electron chi connectivity index (χ0n) is 10.5. The van der Waals surface area contributed by atoms with Crippen molar-refractivity contribution in [3.8, 4) is 0 Å². The fourth-order valence-electron chi connectivity index (χ4n) is 1.79. The van der Waals surface area contributed by atoms with Crippen LogP contribution in [0.2, 0.25) is 0 Å². The maximum Gasteiger partial charge on any atom is 0.317 e. The van der Waals surface area contributed by atoms with Gasteiger partial charge >= 0.3 is 5.97 Å². The largest absolute Gasteiger partial charge is 0.480 e. The normalized spacial score (nSPS) is 10.4. The van der Waals surface area contributed by atoms with Crippen molar-refractivity contribution in [3.63, 3.8) is 0 Å². The van der Waals surface area contributed by atoms with Gasteiger partial charge in [-0.1, -0.05) is 24.3 Å². The van der Waals surface area contributed by atoms with Gasteiger partial charge in [-0.3, -0.25) is 19.8 Å². The van der Waals surface area contributed by atoms with E-state index in [1.165, 1.54) is 6.07 Å². The van der Waals surface area contributed by atoms with E-state index in [0.29, 0.717) is 25.1 Å². The molecule has 6 nitrogen and oxygen atoms in total. The summed E-state index contributed by atoms with van der Waals surface area (Å²) in [6.45, 7) is 4.33. The summed E-state index contributed by atoms with van der Waals surface area (Å²) in [5.74, 6) is -0.926. The van der Waals surface area contributed by atoms with Crippen molar-refractivity contribution in [2.75, 3.05) is 19.6 Å². The summed E-state index contributed by atoms with van der Waals surface area (Å²) in [6.07, 6.45) is 2.04. The van der Waals surface area contributed by atoms with E-state index in [9.17, 15) is 14.9 Å². The quantitative estimate of drug-likeness (QED) is 0.439. The molecule has 0 fully saturated rings.